The van der Waals surface area contributed by atoms with Crippen LogP contribution in [0.3, 0.4) is 0 Å². The van der Waals surface area contributed by atoms with E-state index in [2.05, 4.69) is 4.90 Å². The van der Waals surface area contributed by atoms with Crippen molar-refractivity contribution in [2.45, 2.75) is 44.3 Å². The zero-order valence-corrected chi connectivity index (χ0v) is 10.0. The predicted octanol–water partition coefficient (Wildman–Crippen LogP) is 2.66. The quantitative estimate of drug-likeness (QED) is 0.805. The summed E-state index contributed by atoms with van der Waals surface area (Å²) in [4.78, 5) is 13.7. The summed E-state index contributed by atoms with van der Waals surface area (Å²) in [6.45, 7) is 0.481. The van der Waals surface area contributed by atoms with E-state index >= 15 is 0 Å². The summed E-state index contributed by atoms with van der Waals surface area (Å²) in [6, 6.07) is 4.21. The van der Waals surface area contributed by atoms with E-state index < -0.39 is 11.6 Å². The van der Waals surface area contributed by atoms with Gasteiger partial charge in [0.2, 0.25) is 0 Å². The summed E-state index contributed by atoms with van der Waals surface area (Å²) in [6.07, 6.45) is 3.19. The Hall–Kier alpha value is -1.29. The zero-order valence-electron chi connectivity index (χ0n) is 10.0. The van der Waals surface area contributed by atoms with Gasteiger partial charge >= 0.3 is 0 Å². The van der Waals surface area contributed by atoms with Crippen molar-refractivity contribution in [1.82, 2.24) is 4.90 Å². The van der Waals surface area contributed by atoms with Gasteiger partial charge in [0, 0.05) is 43.1 Å². The van der Waals surface area contributed by atoms with Gasteiger partial charge in [0.25, 0.3) is 0 Å². The summed E-state index contributed by atoms with van der Waals surface area (Å²) < 4.78 is 26.5. The molecule has 0 amide bonds. The molecule has 4 heteroatoms. The highest BCUT2D eigenvalue weighted by molar-refractivity contribution is 5.80. The van der Waals surface area contributed by atoms with Gasteiger partial charge in [0.1, 0.15) is 17.4 Å². The third kappa shape index (κ3) is 2.05. The molecule has 18 heavy (non-hydrogen) atoms. The summed E-state index contributed by atoms with van der Waals surface area (Å²) in [5.74, 6) is -0.724. The van der Waals surface area contributed by atoms with Gasteiger partial charge in [-0.05, 0) is 18.9 Å². The Labute approximate surface area is 105 Å². The number of Topliss-reactive ketones (excluding diaryl/α,β-unsaturated/α-hetero) is 1. The van der Waals surface area contributed by atoms with Crippen molar-refractivity contribution >= 4 is 5.78 Å². The normalized spacial score (nSPS) is 27.8. The second kappa shape index (κ2) is 4.43. The van der Waals surface area contributed by atoms with Gasteiger partial charge < -0.3 is 0 Å². The van der Waals surface area contributed by atoms with Gasteiger partial charge in [0.15, 0.2) is 0 Å². The number of hydrogen-bond acceptors (Lipinski definition) is 2. The molecule has 2 unspecified atom stereocenters. The van der Waals surface area contributed by atoms with Crippen LogP contribution in [0, 0.1) is 11.6 Å². The van der Waals surface area contributed by atoms with Crippen molar-refractivity contribution in [2.24, 2.45) is 0 Å². The van der Waals surface area contributed by atoms with Gasteiger partial charge in [-0.25, -0.2) is 8.78 Å². The molecule has 0 aromatic heterocycles. The van der Waals surface area contributed by atoms with E-state index in [1.165, 1.54) is 12.1 Å². The summed E-state index contributed by atoms with van der Waals surface area (Å²) in [7, 11) is 0. The van der Waals surface area contributed by atoms with Crippen molar-refractivity contribution in [1.29, 1.82) is 0 Å². The largest absolute Gasteiger partial charge is 0.300 e. The predicted molar refractivity (Wildman–Crippen MR) is 63.0 cm³/mol. The fraction of sp³-hybridized carbons (Fsp3) is 0.500. The monoisotopic (exact) mass is 251 g/mol. The highest BCUT2D eigenvalue weighted by Crippen LogP contribution is 2.35. The number of nitrogens with zero attached hydrogens (tertiary/aromatic N) is 1. The number of hydrogen-bond donors (Lipinski definition) is 0. The fourth-order valence-corrected chi connectivity index (χ4v) is 3.17. The van der Waals surface area contributed by atoms with Crippen LogP contribution < -0.4 is 0 Å². The van der Waals surface area contributed by atoms with E-state index in [0.717, 1.165) is 18.9 Å². The molecular weight excluding hydrogens is 236 g/mol. The molecule has 0 aliphatic carbocycles. The highest BCUT2D eigenvalue weighted by atomic mass is 19.1. The maximum absolute atomic E-state index is 13.6. The summed E-state index contributed by atoms with van der Waals surface area (Å²) in [5.41, 5.74) is 0.516. The van der Waals surface area contributed by atoms with E-state index in [1.54, 1.807) is 0 Å². The number of halogens is 2. The second-order valence-electron chi connectivity index (χ2n) is 5.24. The highest BCUT2D eigenvalue weighted by Gasteiger charge is 2.39. The Balaban J connectivity index is 1.79. The van der Waals surface area contributed by atoms with Gasteiger partial charge in [-0.3, -0.25) is 9.69 Å². The molecule has 2 saturated heterocycles. The number of ketones is 1. The standard InChI is InChI=1S/C14H15F2NO/c15-10-2-1-9(14(16)5-10)8-17-11-3-4-12(17)7-13(18)6-11/h1-2,5,11-12H,3-4,6-8H2. The van der Waals surface area contributed by atoms with E-state index in [1.807, 2.05) is 0 Å². The van der Waals surface area contributed by atoms with Crippen LogP contribution in [0.2, 0.25) is 0 Å². The number of rotatable bonds is 2. The van der Waals surface area contributed by atoms with E-state index in [4.69, 9.17) is 0 Å². The molecule has 2 fully saturated rings. The van der Waals surface area contributed by atoms with E-state index in [-0.39, 0.29) is 12.1 Å². The smallest absolute Gasteiger partial charge is 0.136 e. The van der Waals surface area contributed by atoms with Crippen molar-refractivity contribution in [3.63, 3.8) is 0 Å². The first-order valence-electron chi connectivity index (χ1n) is 6.35. The van der Waals surface area contributed by atoms with Gasteiger partial charge in [0.05, 0.1) is 0 Å². The second-order valence-corrected chi connectivity index (χ2v) is 5.24. The van der Waals surface area contributed by atoms with Crippen molar-refractivity contribution < 1.29 is 13.6 Å². The molecule has 0 spiro atoms. The van der Waals surface area contributed by atoms with Crippen LogP contribution in [-0.2, 0) is 11.3 Å². The van der Waals surface area contributed by atoms with Crippen LogP contribution in [-0.4, -0.2) is 22.8 Å². The number of benzene rings is 1. The lowest BCUT2D eigenvalue weighted by Crippen LogP contribution is -2.42. The van der Waals surface area contributed by atoms with Crippen LogP contribution in [0.25, 0.3) is 0 Å². The summed E-state index contributed by atoms with van der Waals surface area (Å²) in [5, 5.41) is 0. The first-order chi connectivity index (χ1) is 8.63. The molecule has 0 N–H and O–H groups in total. The molecule has 3 rings (SSSR count). The first-order valence-corrected chi connectivity index (χ1v) is 6.35. The Morgan fingerprint density at radius 1 is 1.17 bits per heavy atom. The Morgan fingerprint density at radius 3 is 2.44 bits per heavy atom. The van der Waals surface area contributed by atoms with Crippen molar-refractivity contribution in [2.75, 3.05) is 0 Å². The molecule has 2 aliphatic rings. The Morgan fingerprint density at radius 2 is 1.83 bits per heavy atom. The lowest BCUT2D eigenvalue weighted by molar-refractivity contribution is -0.123. The summed E-state index contributed by atoms with van der Waals surface area (Å²) >= 11 is 0. The fourth-order valence-electron chi connectivity index (χ4n) is 3.17. The number of carbonyl (C=O) groups excluding carboxylic acids is 1. The first kappa shape index (κ1) is 11.8. The van der Waals surface area contributed by atoms with Crippen molar-refractivity contribution in [3.05, 3.63) is 35.4 Å². The lowest BCUT2D eigenvalue weighted by Gasteiger charge is -2.34. The average Bonchev–Trinajstić information content (AvgIpc) is 2.56. The minimum Gasteiger partial charge on any atom is -0.300 e. The molecule has 2 bridgehead atoms. The van der Waals surface area contributed by atoms with Crippen LogP contribution in [0.15, 0.2) is 18.2 Å². The molecule has 1 aromatic carbocycles. The molecule has 96 valence electrons. The van der Waals surface area contributed by atoms with Gasteiger partial charge in [-0.2, -0.15) is 0 Å². The molecule has 0 saturated carbocycles. The molecule has 2 heterocycles. The zero-order chi connectivity index (χ0) is 12.7. The van der Waals surface area contributed by atoms with Crippen LogP contribution in [0.4, 0.5) is 8.78 Å². The molecule has 1 aromatic rings. The molecular formula is C14H15F2NO. The number of fused-ring (bicyclic) bond motifs is 2. The van der Waals surface area contributed by atoms with Crippen LogP contribution in [0.5, 0.6) is 0 Å². The Kier molecular flexibility index (Phi) is 2.90. The minimum atomic E-state index is -0.548. The van der Waals surface area contributed by atoms with Crippen LogP contribution in [0.1, 0.15) is 31.2 Å². The molecule has 2 aliphatic heterocycles. The molecule has 0 radical (unpaired) electrons. The molecule has 2 atom stereocenters. The number of piperidine rings is 1. The maximum atomic E-state index is 13.6. The van der Waals surface area contributed by atoms with Crippen LogP contribution >= 0.6 is 0 Å². The third-order valence-electron chi connectivity index (χ3n) is 4.07. The van der Waals surface area contributed by atoms with E-state index in [0.29, 0.717) is 30.7 Å². The topological polar surface area (TPSA) is 20.3 Å². The third-order valence-corrected chi connectivity index (χ3v) is 4.07. The maximum Gasteiger partial charge on any atom is 0.136 e. The van der Waals surface area contributed by atoms with Crippen molar-refractivity contribution in [3.8, 4) is 0 Å². The average molecular weight is 251 g/mol. The van der Waals surface area contributed by atoms with Gasteiger partial charge in [-0.1, -0.05) is 6.07 Å². The van der Waals surface area contributed by atoms with Gasteiger partial charge in [-0.15, -0.1) is 0 Å². The Bertz CT molecular complexity index is 473. The van der Waals surface area contributed by atoms with E-state index in [9.17, 15) is 13.6 Å². The number of carbonyl (C=O) groups is 1. The lowest BCUT2D eigenvalue weighted by atomic mass is 10.0. The molecule has 2 nitrogen and oxygen atoms in total. The SMILES string of the molecule is O=C1CC2CCC(C1)N2Cc1ccc(F)cc1F. The minimum absolute atomic E-state index is 0.251.